The average Bonchev–Trinajstić information content (AvgIpc) is 2.28. The lowest BCUT2D eigenvalue weighted by molar-refractivity contribution is -0.127. The number of carbonyl (C=O) groups is 1. The van der Waals surface area contributed by atoms with Gasteiger partial charge < -0.3 is 10.1 Å². The summed E-state index contributed by atoms with van der Waals surface area (Å²) in [5.74, 6) is -0.00916. The smallest absolute Gasteiger partial charge is 0.246 e. The van der Waals surface area contributed by atoms with Gasteiger partial charge in [0.1, 0.15) is 6.61 Å². The lowest BCUT2D eigenvalue weighted by atomic mass is 9.97. The fourth-order valence-corrected chi connectivity index (χ4v) is 1.79. The number of hydrogen-bond acceptors (Lipinski definition) is 2. The molecule has 0 spiro atoms. The second kappa shape index (κ2) is 7.44. The van der Waals surface area contributed by atoms with Crippen LogP contribution in [0.3, 0.4) is 0 Å². The molecule has 0 radical (unpaired) electrons. The van der Waals surface area contributed by atoms with Crippen LogP contribution in [0.2, 0.25) is 0 Å². The topological polar surface area (TPSA) is 38.3 Å². The fourth-order valence-electron chi connectivity index (χ4n) is 1.79. The van der Waals surface area contributed by atoms with Crippen molar-refractivity contribution in [1.29, 1.82) is 0 Å². The third-order valence-electron chi connectivity index (χ3n) is 2.70. The number of allylic oxidation sites excluding steroid dienone is 1. The van der Waals surface area contributed by atoms with Crippen molar-refractivity contribution in [2.75, 3.05) is 13.2 Å². The van der Waals surface area contributed by atoms with Crippen LogP contribution in [-0.4, -0.2) is 25.2 Å². The molecule has 0 heterocycles. The highest BCUT2D eigenvalue weighted by molar-refractivity contribution is 5.77. The summed E-state index contributed by atoms with van der Waals surface area (Å²) in [7, 11) is 0. The van der Waals surface area contributed by atoms with Crippen LogP contribution in [-0.2, 0) is 9.53 Å². The Labute approximate surface area is 98.2 Å². The second-order valence-corrected chi connectivity index (χ2v) is 4.57. The number of amides is 1. The molecule has 0 fully saturated rings. The van der Waals surface area contributed by atoms with Crippen molar-refractivity contribution in [2.45, 2.75) is 52.1 Å². The molecule has 3 heteroatoms. The zero-order chi connectivity index (χ0) is 11.8. The second-order valence-electron chi connectivity index (χ2n) is 4.57. The molecule has 1 amide bonds. The monoisotopic (exact) mass is 225 g/mol. The third-order valence-corrected chi connectivity index (χ3v) is 2.70. The van der Waals surface area contributed by atoms with Gasteiger partial charge in [-0.25, -0.2) is 0 Å². The minimum absolute atomic E-state index is 0.00916. The first-order chi connectivity index (χ1) is 7.68. The molecule has 1 aliphatic carbocycles. The quantitative estimate of drug-likeness (QED) is 0.705. The third kappa shape index (κ3) is 5.91. The van der Waals surface area contributed by atoms with Crippen molar-refractivity contribution in [3.05, 3.63) is 11.6 Å². The van der Waals surface area contributed by atoms with Gasteiger partial charge in [0.05, 0.1) is 6.10 Å². The lowest BCUT2D eigenvalue weighted by Gasteiger charge is -2.13. The number of carbonyl (C=O) groups excluding carboxylic acids is 1. The predicted molar refractivity (Wildman–Crippen MR) is 65.3 cm³/mol. The zero-order valence-corrected chi connectivity index (χ0v) is 10.4. The van der Waals surface area contributed by atoms with Gasteiger partial charge in [-0.05, 0) is 46.0 Å². The molecule has 3 nitrogen and oxygen atoms in total. The van der Waals surface area contributed by atoms with Gasteiger partial charge in [-0.3, -0.25) is 4.79 Å². The molecular weight excluding hydrogens is 202 g/mol. The molecule has 0 bridgehead atoms. The summed E-state index contributed by atoms with van der Waals surface area (Å²) in [6.07, 6.45) is 8.46. The number of rotatable bonds is 6. The molecule has 0 aromatic rings. The Kier molecular flexibility index (Phi) is 6.16. The maximum absolute atomic E-state index is 11.3. The summed E-state index contributed by atoms with van der Waals surface area (Å²) in [6, 6.07) is 0. The van der Waals surface area contributed by atoms with E-state index in [-0.39, 0.29) is 18.6 Å². The van der Waals surface area contributed by atoms with Crippen molar-refractivity contribution in [3.8, 4) is 0 Å². The van der Waals surface area contributed by atoms with Crippen LogP contribution in [0.5, 0.6) is 0 Å². The summed E-state index contributed by atoms with van der Waals surface area (Å²) >= 11 is 0. The number of nitrogens with one attached hydrogen (secondary N) is 1. The molecule has 1 aliphatic rings. The van der Waals surface area contributed by atoms with Crippen LogP contribution >= 0.6 is 0 Å². The molecule has 0 atom stereocenters. The van der Waals surface area contributed by atoms with E-state index in [0.717, 1.165) is 13.0 Å². The van der Waals surface area contributed by atoms with Crippen molar-refractivity contribution in [2.24, 2.45) is 0 Å². The van der Waals surface area contributed by atoms with Gasteiger partial charge in [0.25, 0.3) is 0 Å². The van der Waals surface area contributed by atoms with Gasteiger partial charge in [-0.1, -0.05) is 11.6 Å². The van der Waals surface area contributed by atoms with E-state index in [4.69, 9.17) is 4.74 Å². The van der Waals surface area contributed by atoms with Crippen LogP contribution in [0.4, 0.5) is 0 Å². The number of ether oxygens (including phenoxy) is 1. The highest BCUT2D eigenvalue weighted by Gasteiger charge is 2.05. The minimum atomic E-state index is -0.00916. The average molecular weight is 225 g/mol. The maximum atomic E-state index is 11.3. The molecule has 16 heavy (non-hydrogen) atoms. The first kappa shape index (κ1) is 13.2. The Morgan fingerprint density at radius 2 is 2.31 bits per heavy atom. The molecule has 1 rings (SSSR count). The van der Waals surface area contributed by atoms with E-state index < -0.39 is 0 Å². The largest absolute Gasteiger partial charge is 0.369 e. The van der Waals surface area contributed by atoms with Crippen molar-refractivity contribution in [3.63, 3.8) is 0 Å². The van der Waals surface area contributed by atoms with Crippen LogP contribution in [0.15, 0.2) is 11.6 Å². The first-order valence-corrected chi connectivity index (χ1v) is 6.24. The van der Waals surface area contributed by atoms with Gasteiger partial charge in [-0.15, -0.1) is 0 Å². The standard InChI is InChI=1S/C13H23NO2/c1-11(2)16-10-13(15)14-9-8-12-6-4-3-5-7-12/h6,11H,3-5,7-10H2,1-2H3,(H,14,15). The molecule has 0 aromatic carbocycles. The van der Waals surface area contributed by atoms with Crippen LogP contribution in [0, 0.1) is 0 Å². The van der Waals surface area contributed by atoms with E-state index in [0.29, 0.717) is 0 Å². The van der Waals surface area contributed by atoms with E-state index in [1.165, 1.54) is 31.3 Å². The minimum Gasteiger partial charge on any atom is -0.369 e. The summed E-state index contributed by atoms with van der Waals surface area (Å²) in [5, 5.41) is 2.88. The van der Waals surface area contributed by atoms with Crippen LogP contribution in [0.25, 0.3) is 0 Å². The van der Waals surface area contributed by atoms with Gasteiger partial charge in [0.2, 0.25) is 5.91 Å². The molecule has 92 valence electrons. The van der Waals surface area contributed by atoms with Crippen molar-refractivity contribution >= 4 is 5.91 Å². The van der Waals surface area contributed by atoms with E-state index >= 15 is 0 Å². The molecule has 1 N–H and O–H groups in total. The highest BCUT2D eigenvalue weighted by Crippen LogP contribution is 2.19. The van der Waals surface area contributed by atoms with Gasteiger partial charge in [0.15, 0.2) is 0 Å². The van der Waals surface area contributed by atoms with Gasteiger partial charge in [-0.2, -0.15) is 0 Å². The van der Waals surface area contributed by atoms with Gasteiger partial charge >= 0.3 is 0 Å². The Balaban J connectivity index is 2.05. The van der Waals surface area contributed by atoms with Crippen molar-refractivity contribution < 1.29 is 9.53 Å². The van der Waals surface area contributed by atoms with Crippen molar-refractivity contribution in [1.82, 2.24) is 5.32 Å². The summed E-state index contributed by atoms with van der Waals surface area (Å²) in [4.78, 5) is 11.3. The molecule has 0 saturated carbocycles. The normalized spacial score (nSPS) is 16.1. The zero-order valence-electron chi connectivity index (χ0n) is 10.4. The highest BCUT2D eigenvalue weighted by atomic mass is 16.5. The Morgan fingerprint density at radius 1 is 1.50 bits per heavy atom. The Bertz CT molecular complexity index is 246. The molecular formula is C13H23NO2. The summed E-state index contributed by atoms with van der Waals surface area (Å²) < 4.78 is 5.22. The van der Waals surface area contributed by atoms with E-state index in [2.05, 4.69) is 11.4 Å². The SMILES string of the molecule is CC(C)OCC(=O)NCCC1=CCCCC1. The van der Waals surface area contributed by atoms with Crippen LogP contribution < -0.4 is 5.32 Å². The Hall–Kier alpha value is -0.830. The fraction of sp³-hybridized carbons (Fsp3) is 0.769. The Morgan fingerprint density at radius 3 is 2.94 bits per heavy atom. The molecule has 0 aromatic heterocycles. The van der Waals surface area contributed by atoms with E-state index in [1.54, 1.807) is 0 Å². The summed E-state index contributed by atoms with van der Waals surface area (Å²) in [6.45, 7) is 4.78. The lowest BCUT2D eigenvalue weighted by Crippen LogP contribution is -2.29. The molecule has 0 aliphatic heterocycles. The molecule has 0 unspecified atom stereocenters. The first-order valence-electron chi connectivity index (χ1n) is 6.24. The van der Waals surface area contributed by atoms with Gasteiger partial charge in [0, 0.05) is 6.54 Å². The van der Waals surface area contributed by atoms with Crippen LogP contribution in [0.1, 0.15) is 46.0 Å². The summed E-state index contributed by atoms with van der Waals surface area (Å²) in [5.41, 5.74) is 1.50. The number of hydrogen-bond donors (Lipinski definition) is 1. The maximum Gasteiger partial charge on any atom is 0.246 e. The predicted octanol–water partition coefficient (Wildman–Crippen LogP) is 2.42. The molecule has 0 saturated heterocycles. The van der Waals surface area contributed by atoms with E-state index in [1.807, 2.05) is 13.8 Å². The van der Waals surface area contributed by atoms with E-state index in [9.17, 15) is 4.79 Å².